The minimum Gasteiger partial charge on any atom is -0.458 e. The minimum atomic E-state index is 0.539. The normalized spacial score (nSPS) is 7.90. The highest BCUT2D eigenvalue weighted by molar-refractivity contribution is 5.19. The zero-order valence-corrected chi connectivity index (χ0v) is 15.7. The molecule has 0 atom stereocenters. The van der Waals surface area contributed by atoms with Gasteiger partial charge in [-0.2, -0.15) is 0 Å². The summed E-state index contributed by atoms with van der Waals surface area (Å²) in [5.74, 6) is 1.27. The third-order valence-electron chi connectivity index (χ3n) is 1.16. The van der Waals surface area contributed by atoms with Crippen LogP contribution in [0.15, 0.2) is 74.3 Å². The van der Waals surface area contributed by atoms with Gasteiger partial charge in [0.05, 0.1) is 0 Å². The maximum atomic E-state index is 5.26. The summed E-state index contributed by atoms with van der Waals surface area (Å²) in [4.78, 5) is 0. The highest BCUT2D eigenvalue weighted by Crippen LogP contribution is 2.06. The fourth-order valence-corrected chi connectivity index (χ4v) is 0.545. The first-order valence-electron chi connectivity index (χ1n) is 7.67. The zero-order chi connectivity index (χ0) is 18.1. The van der Waals surface area contributed by atoms with Gasteiger partial charge >= 0.3 is 0 Å². The van der Waals surface area contributed by atoms with E-state index in [9.17, 15) is 0 Å². The third-order valence-corrected chi connectivity index (χ3v) is 1.16. The summed E-state index contributed by atoms with van der Waals surface area (Å²) in [5.41, 5.74) is 0. The van der Waals surface area contributed by atoms with E-state index < -0.39 is 0 Å². The summed E-state index contributed by atoms with van der Waals surface area (Å²) in [5, 5.41) is 0. The van der Waals surface area contributed by atoms with Crippen molar-refractivity contribution in [2.24, 2.45) is 0 Å². The molecule has 0 amide bonds. The van der Waals surface area contributed by atoms with Crippen LogP contribution in [0.25, 0.3) is 0 Å². The Morgan fingerprint density at radius 1 is 0.857 bits per heavy atom. The molecule has 0 aromatic carbocycles. The van der Waals surface area contributed by atoms with Crippen LogP contribution in [0, 0.1) is 0 Å². The van der Waals surface area contributed by atoms with E-state index in [0.29, 0.717) is 5.76 Å². The molecule has 0 saturated heterocycles. The summed E-state index contributed by atoms with van der Waals surface area (Å²) in [7, 11) is 0. The van der Waals surface area contributed by atoms with Gasteiger partial charge in [0.25, 0.3) is 0 Å². The molecule has 124 valence electrons. The molecule has 0 heterocycles. The van der Waals surface area contributed by atoms with Crippen LogP contribution >= 0.6 is 0 Å². The van der Waals surface area contributed by atoms with Crippen molar-refractivity contribution in [3.8, 4) is 0 Å². The molecule has 0 bridgehead atoms. The molecule has 0 aromatic heterocycles. The lowest BCUT2D eigenvalue weighted by Crippen LogP contribution is -1.85. The zero-order valence-electron chi connectivity index (χ0n) is 15.7. The number of rotatable bonds is 5. The Morgan fingerprint density at radius 2 is 1.24 bits per heavy atom. The second-order valence-corrected chi connectivity index (χ2v) is 2.47. The number of hydrogen-bond acceptors (Lipinski definition) is 1. The van der Waals surface area contributed by atoms with Crippen molar-refractivity contribution in [3.05, 3.63) is 74.3 Å². The van der Waals surface area contributed by atoms with Gasteiger partial charge in [-0.25, -0.2) is 0 Å². The van der Waals surface area contributed by atoms with Gasteiger partial charge in [-0.3, -0.25) is 0 Å². The van der Waals surface area contributed by atoms with Gasteiger partial charge in [0, 0.05) is 0 Å². The first-order chi connectivity index (χ1) is 10.2. The molecule has 0 unspecified atom stereocenters. The van der Waals surface area contributed by atoms with E-state index in [2.05, 4.69) is 26.3 Å². The van der Waals surface area contributed by atoms with E-state index in [1.165, 1.54) is 0 Å². The van der Waals surface area contributed by atoms with Crippen molar-refractivity contribution in [1.29, 1.82) is 0 Å². The third kappa shape index (κ3) is 45.9. The van der Waals surface area contributed by atoms with Gasteiger partial charge in [-0.05, 0) is 32.1 Å². The van der Waals surface area contributed by atoms with Crippen molar-refractivity contribution in [2.45, 2.75) is 55.4 Å². The highest BCUT2D eigenvalue weighted by atomic mass is 16.5. The lowest BCUT2D eigenvalue weighted by Gasteiger charge is -2.03. The molecule has 0 aromatic rings. The molecule has 0 aliphatic rings. The SMILES string of the molecule is C=C/C=C\C(=C/C)OC(=C)C=C.C=CC.CC.CC.CC. The van der Waals surface area contributed by atoms with Gasteiger partial charge in [0.1, 0.15) is 11.5 Å². The molecule has 0 fully saturated rings. The van der Waals surface area contributed by atoms with Crippen molar-refractivity contribution in [1.82, 2.24) is 0 Å². The predicted molar refractivity (Wildman–Crippen MR) is 103 cm³/mol. The Kier molecular flexibility index (Phi) is 64.5. The molecule has 0 N–H and O–H groups in total. The van der Waals surface area contributed by atoms with Gasteiger partial charge < -0.3 is 4.74 Å². The van der Waals surface area contributed by atoms with Gasteiger partial charge in [-0.15, -0.1) is 6.58 Å². The topological polar surface area (TPSA) is 9.23 Å². The molecular formula is C20H38O. The Hall–Kier alpha value is -1.76. The average Bonchev–Trinajstić information content (AvgIpc) is 2.57. The molecule has 0 aliphatic carbocycles. The molecular weight excluding hydrogens is 256 g/mol. The number of allylic oxidation sites excluding steroid dienone is 6. The summed E-state index contributed by atoms with van der Waals surface area (Å²) >= 11 is 0. The minimum absolute atomic E-state index is 0.539. The summed E-state index contributed by atoms with van der Waals surface area (Å²) in [6, 6.07) is 0. The van der Waals surface area contributed by atoms with Gasteiger partial charge in [0.2, 0.25) is 0 Å². The average molecular weight is 295 g/mol. The summed E-state index contributed by atoms with van der Waals surface area (Å²) in [6.45, 7) is 29.9. The summed E-state index contributed by atoms with van der Waals surface area (Å²) in [6.07, 6.45) is 10.4. The lowest BCUT2D eigenvalue weighted by atomic mass is 10.4. The maximum Gasteiger partial charge on any atom is 0.123 e. The Bertz CT molecular complexity index is 268. The Balaban J connectivity index is -0.0000000795. The van der Waals surface area contributed by atoms with Crippen molar-refractivity contribution in [3.63, 3.8) is 0 Å². The molecule has 0 radical (unpaired) electrons. The largest absolute Gasteiger partial charge is 0.458 e. The molecule has 1 heteroatoms. The molecule has 21 heavy (non-hydrogen) atoms. The van der Waals surface area contributed by atoms with E-state index in [1.54, 1.807) is 24.3 Å². The lowest BCUT2D eigenvalue weighted by molar-refractivity contribution is 0.337. The van der Waals surface area contributed by atoms with E-state index in [1.807, 2.05) is 67.5 Å². The smallest absolute Gasteiger partial charge is 0.123 e. The molecule has 0 saturated carbocycles. The van der Waals surface area contributed by atoms with Crippen LogP contribution in [0.4, 0.5) is 0 Å². The van der Waals surface area contributed by atoms with Crippen LogP contribution in [0.2, 0.25) is 0 Å². The number of hydrogen-bond donors (Lipinski definition) is 0. The van der Waals surface area contributed by atoms with Gasteiger partial charge in [0.15, 0.2) is 0 Å². The van der Waals surface area contributed by atoms with E-state index >= 15 is 0 Å². The van der Waals surface area contributed by atoms with Crippen LogP contribution < -0.4 is 0 Å². The number of ether oxygens (including phenoxy) is 1. The first kappa shape index (κ1) is 31.6. The highest BCUT2D eigenvalue weighted by Gasteiger charge is 1.90. The molecule has 0 spiro atoms. The van der Waals surface area contributed by atoms with Crippen molar-refractivity contribution in [2.75, 3.05) is 0 Å². The maximum absolute atomic E-state index is 5.26. The molecule has 0 rings (SSSR count). The quantitative estimate of drug-likeness (QED) is 0.288. The van der Waals surface area contributed by atoms with E-state index in [-0.39, 0.29) is 0 Å². The fourth-order valence-electron chi connectivity index (χ4n) is 0.545. The summed E-state index contributed by atoms with van der Waals surface area (Å²) < 4.78 is 5.26. The Labute approximate surface area is 135 Å². The fraction of sp³-hybridized carbons (Fsp3) is 0.400. The monoisotopic (exact) mass is 294 g/mol. The standard InChI is InChI=1S/C11H14O.C3H6.3C2H6/c1-5-8-9-11(7-3)12-10(4)6-2;1-3-2;3*1-2/h5-9H,1-2,4H2,3H3;3H,1H2,2H3;3*1-2H3/b9-8-,11-7+;;;;. The first-order valence-corrected chi connectivity index (χ1v) is 7.67. The second-order valence-electron chi connectivity index (χ2n) is 2.47. The molecule has 0 aliphatic heterocycles. The predicted octanol–water partition coefficient (Wildman–Crippen LogP) is 7.62. The van der Waals surface area contributed by atoms with Crippen LogP contribution in [0.1, 0.15) is 55.4 Å². The van der Waals surface area contributed by atoms with Crippen LogP contribution in [0.5, 0.6) is 0 Å². The second kappa shape index (κ2) is 42.9. The van der Waals surface area contributed by atoms with Crippen molar-refractivity contribution < 1.29 is 4.74 Å². The van der Waals surface area contributed by atoms with Crippen LogP contribution in [-0.2, 0) is 4.74 Å². The Morgan fingerprint density at radius 3 is 1.48 bits per heavy atom. The van der Waals surface area contributed by atoms with Gasteiger partial charge in [-0.1, -0.05) is 79.5 Å². The molecule has 1 nitrogen and oxygen atoms in total. The van der Waals surface area contributed by atoms with Crippen LogP contribution in [0.3, 0.4) is 0 Å². The van der Waals surface area contributed by atoms with E-state index in [0.717, 1.165) is 5.76 Å². The van der Waals surface area contributed by atoms with Crippen molar-refractivity contribution >= 4 is 0 Å². The van der Waals surface area contributed by atoms with E-state index in [4.69, 9.17) is 4.74 Å². The van der Waals surface area contributed by atoms with Crippen LogP contribution in [-0.4, -0.2) is 0 Å².